The maximum Gasteiger partial charge on any atom is 0.134 e. The Hall–Kier alpha value is -0.550. The molecule has 11 heavy (non-hydrogen) atoms. The molecule has 1 rings (SSSR count). The van der Waals surface area contributed by atoms with E-state index < -0.39 is 0 Å². The highest BCUT2D eigenvalue weighted by Crippen LogP contribution is 2.25. The Kier molecular flexibility index (Phi) is 3.38. The first-order chi connectivity index (χ1) is 5.33. The SMILES string of the molecule is C[C@H]1CC[C@H](OCC#N)CC1. The number of nitrogens with zero attached hydrogens (tertiary/aromatic N) is 1. The van der Waals surface area contributed by atoms with Crippen molar-refractivity contribution in [2.45, 2.75) is 38.7 Å². The van der Waals surface area contributed by atoms with Crippen LogP contribution < -0.4 is 0 Å². The predicted molar refractivity (Wildman–Crippen MR) is 43.0 cm³/mol. The van der Waals surface area contributed by atoms with Crippen LogP contribution in [0.5, 0.6) is 0 Å². The van der Waals surface area contributed by atoms with Gasteiger partial charge in [-0.2, -0.15) is 5.26 Å². The molecule has 0 amide bonds. The third kappa shape index (κ3) is 2.90. The molecule has 0 spiro atoms. The molecule has 0 aromatic rings. The molecule has 62 valence electrons. The van der Waals surface area contributed by atoms with E-state index in [-0.39, 0.29) is 6.61 Å². The lowest BCUT2D eigenvalue weighted by Gasteiger charge is -2.25. The maximum absolute atomic E-state index is 8.27. The summed E-state index contributed by atoms with van der Waals surface area (Å²) in [6.45, 7) is 2.54. The Labute approximate surface area is 68.2 Å². The van der Waals surface area contributed by atoms with E-state index in [1.165, 1.54) is 12.8 Å². The Morgan fingerprint density at radius 3 is 2.55 bits per heavy atom. The first-order valence-corrected chi connectivity index (χ1v) is 4.31. The van der Waals surface area contributed by atoms with Crippen molar-refractivity contribution in [3.8, 4) is 6.07 Å². The van der Waals surface area contributed by atoms with Gasteiger partial charge >= 0.3 is 0 Å². The van der Waals surface area contributed by atoms with E-state index in [1.54, 1.807) is 0 Å². The highest BCUT2D eigenvalue weighted by atomic mass is 16.5. The molecule has 0 aromatic carbocycles. The van der Waals surface area contributed by atoms with Crippen LogP contribution in [-0.2, 0) is 4.74 Å². The summed E-state index contributed by atoms with van der Waals surface area (Å²) in [5, 5.41) is 8.27. The molecule has 1 saturated carbocycles. The van der Waals surface area contributed by atoms with Gasteiger partial charge in [-0.1, -0.05) is 6.92 Å². The van der Waals surface area contributed by atoms with Crippen molar-refractivity contribution in [3.63, 3.8) is 0 Å². The van der Waals surface area contributed by atoms with Gasteiger partial charge in [-0.15, -0.1) is 0 Å². The van der Waals surface area contributed by atoms with Crippen molar-refractivity contribution in [2.75, 3.05) is 6.61 Å². The molecule has 1 aliphatic carbocycles. The largest absolute Gasteiger partial charge is 0.363 e. The fraction of sp³-hybridized carbons (Fsp3) is 0.889. The Morgan fingerprint density at radius 2 is 2.00 bits per heavy atom. The van der Waals surface area contributed by atoms with Crippen molar-refractivity contribution in [1.82, 2.24) is 0 Å². The van der Waals surface area contributed by atoms with Crippen LogP contribution in [0.15, 0.2) is 0 Å². The van der Waals surface area contributed by atoms with Crippen LogP contribution in [0.3, 0.4) is 0 Å². The number of rotatable bonds is 2. The normalized spacial score (nSPS) is 31.3. The molecule has 0 unspecified atom stereocenters. The Morgan fingerprint density at radius 1 is 1.36 bits per heavy atom. The van der Waals surface area contributed by atoms with E-state index >= 15 is 0 Å². The third-order valence-electron chi connectivity index (χ3n) is 2.35. The van der Waals surface area contributed by atoms with Gasteiger partial charge in [0.1, 0.15) is 6.61 Å². The molecular formula is C9H15NO. The minimum atomic E-state index is 0.263. The maximum atomic E-state index is 8.27. The molecular weight excluding hydrogens is 138 g/mol. The van der Waals surface area contributed by atoms with Gasteiger partial charge in [0.15, 0.2) is 0 Å². The highest BCUT2D eigenvalue weighted by molar-refractivity contribution is 4.73. The molecule has 0 aliphatic heterocycles. The van der Waals surface area contributed by atoms with Gasteiger partial charge in [0.25, 0.3) is 0 Å². The summed E-state index contributed by atoms with van der Waals surface area (Å²) in [4.78, 5) is 0. The van der Waals surface area contributed by atoms with Crippen molar-refractivity contribution in [2.24, 2.45) is 5.92 Å². The van der Waals surface area contributed by atoms with E-state index in [0.717, 1.165) is 18.8 Å². The average molecular weight is 153 g/mol. The second kappa shape index (κ2) is 4.35. The molecule has 0 radical (unpaired) electrons. The van der Waals surface area contributed by atoms with Crippen LogP contribution in [0.1, 0.15) is 32.6 Å². The molecule has 1 fully saturated rings. The van der Waals surface area contributed by atoms with Crippen LogP contribution in [-0.4, -0.2) is 12.7 Å². The first-order valence-electron chi connectivity index (χ1n) is 4.31. The Balaban J connectivity index is 2.13. The monoisotopic (exact) mass is 153 g/mol. The van der Waals surface area contributed by atoms with Crippen molar-refractivity contribution in [3.05, 3.63) is 0 Å². The number of ether oxygens (including phenoxy) is 1. The number of nitriles is 1. The van der Waals surface area contributed by atoms with Crippen LogP contribution in [0.4, 0.5) is 0 Å². The zero-order chi connectivity index (χ0) is 8.10. The van der Waals surface area contributed by atoms with Crippen LogP contribution in [0, 0.1) is 17.2 Å². The average Bonchev–Trinajstić information content (AvgIpc) is 2.04. The summed E-state index contributed by atoms with van der Waals surface area (Å²) in [6.07, 6.45) is 5.17. The minimum absolute atomic E-state index is 0.263. The van der Waals surface area contributed by atoms with Gasteiger partial charge in [0, 0.05) is 0 Å². The second-order valence-corrected chi connectivity index (χ2v) is 3.35. The van der Waals surface area contributed by atoms with Gasteiger partial charge in [-0.25, -0.2) is 0 Å². The molecule has 0 saturated heterocycles. The van der Waals surface area contributed by atoms with Gasteiger partial charge in [0.05, 0.1) is 12.2 Å². The third-order valence-corrected chi connectivity index (χ3v) is 2.35. The minimum Gasteiger partial charge on any atom is -0.363 e. The van der Waals surface area contributed by atoms with E-state index in [0.29, 0.717) is 6.10 Å². The molecule has 0 atom stereocenters. The molecule has 0 N–H and O–H groups in total. The zero-order valence-electron chi connectivity index (χ0n) is 7.05. The van der Waals surface area contributed by atoms with E-state index in [9.17, 15) is 0 Å². The topological polar surface area (TPSA) is 33.0 Å². The number of hydrogen-bond acceptors (Lipinski definition) is 2. The van der Waals surface area contributed by atoms with Gasteiger partial charge in [0.2, 0.25) is 0 Å². The standard InChI is InChI=1S/C9H15NO/c1-8-2-4-9(5-3-8)11-7-6-10/h8-9H,2-5,7H2,1H3/t8-,9-. The molecule has 0 aromatic heterocycles. The lowest BCUT2D eigenvalue weighted by Crippen LogP contribution is -2.20. The zero-order valence-corrected chi connectivity index (χ0v) is 7.05. The summed E-state index contributed by atoms with van der Waals surface area (Å²) in [5.41, 5.74) is 0. The Bertz CT molecular complexity index is 142. The van der Waals surface area contributed by atoms with Crippen molar-refractivity contribution < 1.29 is 4.74 Å². The summed E-state index contributed by atoms with van der Waals surface area (Å²) >= 11 is 0. The highest BCUT2D eigenvalue weighted by Gasteiger charge is 2.17. The number of hydrogen-bond donors (Lipinski definition) is 0. The van der Waals surface area contributed by atoms with Crippen LogP contribution >= 0.6 is 0 Å². The van der Waals surface area contributed by atoms with Crippen LogP contribution in [0.25, 0.3) is 0 Å². The van der Waals surface area contributed by atoms with E-state index in [1.807, 2.05) is 6.07 Å². The first kappa shape index (κ1) is 8.55. The summed E-state index contributed by atoms with van der Waals surface area (Å²) in [5.74, 6) is 0.858. The molecule has 1 aliphatic rings. The van der Waals surface area contributed by atoms with Gasteiger partial charge in [-0.3, -0.25) is 0 Å². The van der Waals surface area contributed by atoms with Crippen molar-refractivity contribution >= 4 is 0 Å². The fourth-order valence-electron chi connectivity index (χ4n) is 1.55. The molecule has 2 heteroatoms. The van der Waals surface area contributed by atoms with E-state index in [4.69, 9.17) is 10.00 Å². The fourth-order valence-corrected chi connectivity index (χ4v) is 1.55. The molecule has 2 nitrogen and oxygen atoms in total. The lowest BCUT2D eigenvalue weighted by atomic mass is 9.89. The second-order valence-electron chi connectivity index (χ2n) is 3.35. The lowest BCUT2D eigenvalue weighted by molar-refractivity contribution is 0.0390. The molecule has 0 heterocycles. The van der Waals surface area contributed by atoms with E-state index in [2.05, 4.69) is 6.92 Å². The van der Waals surface area contributed by atoms with Crippen LogP contribution in [0.2, 0.25) is 0 Å². The van der Waals surface area contributed by atoms with Gasteiger partial charge < -0.3 is 4.74 Å². The van der Waals surface area contributed by atoms with Crippen molar-refractivity contribution in [1.29, 1.82) is 5.26 Å². The summed E-state index contributed by atoms with van der Waals surface area (Å²) < 4.78 is 5.32. The molecule has 0 bridgehead atoms. The van der Waals surface area contributed by atoms with Gasteiger partial charge in [-0.05, 0) is 31.6 Å². The predicted octanol–water partition coefficient (Wildman–Crippen LogP) is 2.11. The quantitative estimate of drug-likeness (QED) is 0.608. The summed E-state index contributed by atoms with van der Waals surface area (Å²) in [6, 6.07) is 2.00. The smallest absolute Gasteiger partial charge is 0.134 e. The summed E-state index contributed by atoms with van der Waals surface area (Å²) in [7, 11) is 0.